The highest BCUT2D eigenvalue weighted by Gasteiger charge is 2.31. The fourth-order valence-electron chi connectivity index (χ4n) is 5.00. The van der Waals surface area contributed by atoms with Gasteiger partial charge in [0.05, 0.1) is 45.7 Å². The summed E-state index contributed by atoms with van der Waals surface area (Å²) < 4.78 is 80.8. The number of nitro benzene ring substituents is 1. The molecule has 20 nitrogen and oxygen atoms in total. The molecule has 4 aromatic rings. The van der Waals surface area contributed by atoms with Crippen LogP contribution in [-0.2, 0) is 47.7 Å². The second-order valence-electron chi connectivity index (χ2n) is 12.8. The second-order valence-corrected chi connectivity index (χ2v) is 17.2. The molecular weight excluding hydrogens is 984 g/mol. The molecule has 0 amide bonds. The van der Waals surface area contributed by atoms with Crippen molar-refractivity contribution in [3.05, 3.63) is 100 Å². The summed E-state index contributed by atoms with van der Waals surface area (Å²) >= 11 is 13.7. The highest BCUT2D eigenvalue weighted by Crippen LogP contribution is 2.38. The summed E-state index contributed by atoms with van der Waals surface area (Å²) in [6.07, 6.45) is -4.67. The number of carboxylic acid groups (broad SMARTS) is 2. The van der Waals surface area contributed by atoms with E-state index in [0.29, 0.717) is 28.9 Å². The van der Waals surface area contributed by atoms with Gasteiger partial charge in [-0.1, -0.05) is 23.2 Å². The van der Waals surface area contributed by atoms with Gasteiger partial charge in [0, 0.05) is 30.1 Å². The zero-order valence-corrected chi connectivity index (χ0v) is 37.5. The van der Waals surface area contributed by atoms with Crippen molar-refractivity contribution in [1.29, 1.82) is 0 Å². The van der Waals surface area contributed by atoms with E-state index in [4.69, 9.17) is 57.4 Å². The van der Waals surface area contributed by atoms with E-state index in [2.05, 4.69) is 10.3 Å². The topological polar surface area (TPSA) is 288 Å². The number of thioether (sulfide) groups is 1. The van der Waals surface area contributed by atoms with Gasteiger partial charge in [-0.05, 0) is 74.4 Å². The third-order valence-corrected chi connectivity index (χ3v) is 11.1. The maximum atomic E-state index is 14.2. The minimum Gasteiger partial charge on any atom is -0.481 e. The average molecular weight is 1020 g/mol. The molecule has 0 fully saturated rings. The number of nitro groups is 1. The Labute approximate surface area is 381 Å². The van der Waals surface area contributed by atoms with E-state index in [1.165, 1.54) is 13.0 Å². The molecule has 1 atom stereocenters. The van der Waals surface area contributed by atoms with Crippen molar-refractivity contribution in [1.82, 2.24) is 14.7 Å². The summed E-state index contributed by atoms with van der Waals surface area (Å²) in [4.78, 5) is 88.2. The molecule has 29 heteroatoms. The van der Waals surface area contributed by atoms with Crippen molar-refractivity contribution in [3.63, 3.8) is 0 Å². The molecule has 354 valence electrons. The summed E-state index contributed by atoms with van der Waals surface area (Å²) in [6, 6.07) is 7.90. The number of halogens is 6. The summed E-state index contributed by atoms with van der Waals surface area (Å²) in [7, 11) is -4.10. The minimum absolute atomic E-state index is 0.0370. The number of hydrogen-bond acceptors (Lipinski definition) is 15. The van der Waals surface area contributed by atoms with Crippen LogP contribution in [0.3, 0.4) is 0 Å². The van der Waals surface area contributed by atoms with Crippen LogP contribution in [-0.4, -0.2) is 89.5 Å². The number of carbonyl (C=O) groups excluding carboxylic acids is 2. The largest absolute Gasteiger partial charge is 0.481 e. The zero-order chi connectivity index (χ0) is 48.8. The van der Waals surface area contributed by atoms with Crippen molar-refractivity contribution >= 4 is 89.1 Å². The average Bonchev–Trinajstić information content (AvgIpc) is 3.52. The predicted octanol–water partition coefficient (Wildman–Crippen LogP) is 6.67. The van der Waals surface area contributed by atoms with Crippen LogP contribution in [0.25, 0.3) is 0 Å². The normalized spacial score (nSPS) is 12.9. The first-order valence-corrected chi connectivity index (χ1v) is 22.5. The fraction of sp³-hybridized carbons (Fsp3) is 0.333. The number of carboxylic acids is 2. The van der Waals surface area contributed by atoms with Crippen LogP contribution >= 0.6 is 53.9 Å². The van der Waals surface area contributed by atoms with Gasteiger partial charge in [-0.15, -0.1) is 11.8 Å². The Kier molecular flexibility index (Phi) is 20.2. The number of nitrogens with zero attached hydrogens (tertiary/aromatic N) is 4. The van der Waals surface area contributed by atoms with Gasteiger partial charge in [-0.2, -0.15) is 13.2 Å². The Morgan fingerprint density at radius 1 is 1.03 bits per heavy atom. The van der Waals surface area contributed by atoms with Crippen LogP contribution in [0.15, 0.2) is 63.2 Å². The Morgan fingerprint density at radius 2 is 1.69 bits per heavy atom. The molecule has 0 radical (unpaired) electrons. The number of aliphatic carboxylic acids is 2. The van der Waals surface area contributed by atoms with Crippen LogP contribution in [0.5, 0.6) is 11.5 Å². The predicted molar refractivity (Wildman–Crippen MR) is 224 cm³/mol. The molecule has 0 saturated heterocycles. The van der Waals surface area contributed by atoms with Crippen LogP contribution in [0, 0.1) is 15.9 Å². The van der Waals surface area contributed by atoms with Crippen LogP contribution in [0.1, 0.15) is 42.6 Å². The smallest absolute Gasteiger partial charge is 0.416 e. The van der Waals surface area contributed by atoms with Crippen molar-refractivity contribution in [2.45, 2.75) is 57.0 Å². The van der Waals surface area contributed by atoms with E-state index in [0.717, 1.165) is 72.3 Å². The highest BCUT2D eigenvalue weighted by atomic mass is 35.5. The van der Waals surface area contributed by atoms with E-state index in [9.17, 15) is 56.2 Å². The lowest BCUT2D eigenvalue weighted by atomic mass is 10.1. The third kappa shape index (κ3) is 17.2. The SMILES string of the molecule is CCOC(=O)C(C)OC(=O)c1cc(Oc2ccc(C(F)(F)F)cc2Cl)ccc1[N+](=O)[O-].O=C(O)CNCP(=O)(O)O.O=C(O)CSc1cc(N=c2sc(=O)n3n2CCCC3)c(F)cc1Cl. The zero-order valence-electron chi connectivity index (χ0n) is 33.5. The fourth-order valence-corrected chi connectivity index (χ4v) is 7.50. The molecule has 1 aromatic heterocycles. The molecule has 2 heterocycles. The van der Waals surface area contributed by atoms with Gasteiger partial charge in [0.2, 0.25) is 4.80 Å². The Hall–Kier alpha value is -5.34. The number of esters is 2. The van der Waals surface area contributed by atoms with Crippen LogP contribution in [0.2, 0.25) is 10.0 Å². The van der Waals surface area contributed by atoms with E-state index in [1.54, 1.807) is 16.3 Å². The number of ether oxygens (including phenoxy) is 3. The molecule has 5 N–H and O–H groups in total. The first kappa shape index (κ1) is 54.0. The maximum absolute atomic E-state index is 14.2. The number of aromatic nitrogens is 2. The molecule has 5 rings (SSSR count). The standard InChI is InChI=1S/C19H15ClF3NO7.C14H13ClFN3O3S2.C3H8NO5P/c1-3-29-17(25)10(2)30-18(26)13-9-12(5-6-15(13)24(27)28)31-16-7-4-11(8-14(16)20)19(21,22)23;15-8-5-9(16)10(6-11(8)23-7-12(20)21)17-13-18-3-1-2-4-19(18)14(22)24-13;5-3(6)1-4-2-10(7,8)9/h4-10H,3H2,1-2H3;5-6H,1-4,7H2,(H,20,21);4H,1-2H2,(H,5,6)(H2,7,8,9). The molecule has 0 saturated carbocycles. The molecule has 0 aliphatic carbocycles. The monoisotopic (exact) mass is 1020 g/mol. The molecule has 0 bridgehead atoms. The molecule has 1 aliphatic rings. The van der Waals surface area contributed by atoms with Crippen LogP contribution < -0.4 is 19.7 Å². The van der Waals surface area contributed by atoms with Gasteiger partial charge in [-0.25, -0.2) is 23.7 Å². The van der Waals surface area contributed by atoms with Gasteiger partial charge < -0.3 is 34.2 Å². The lowest BCUT2D eigenvalue weighted by Crippen LogP contribution is -2.31. The van der Waals surface area contributed by atoms with Crippen molar-refractivity contribution in [2.75, 3.05) is 25.2 Å². The molecular formula is C36H36Cl2F4N5O15PS2. The van der Waals surface area contributed by atoms with Gasteiger partial charge in [-0.3, -0.25) is 39.1 Å². The lowest BCUT2D eigenvalue weighted by Gasteiger charge is -2.15. The number of alkyl halides is 3. The van der Waals surface area contributed by atoms with Gasteiger partial charge in [0.1, 0.15) is 28.6 Å². The number of carbonyl (C=O) groups is 4. The van der Waals surface area contributed by atoms with Gasteiger partial charge in [0.15, 0.2) is 6.10 Å². The Morgan fingerprint density at radius 3 is 2.26 bits per heavy atom. The molecule has 1 unspecified atom stereocenters. The molecule has 65 heavy (non-hydrogen) atoms. The van der Waals surface area contributed by atoms with Gasteiger partial charge in [0.25, 0.3) is 5.69 Å². The number of hydrogen-bond donors (Lipinski definition) is 5. The maximum Gasteiger partial charge on any atom is 0.416 e. The van der Waals surface area contributed by atoms with Crippen molar-refractivity contribution in [3.8, 4) is 11.5 Å². The molecule has 0 spiro atoms. The van der Waals surface area contributed by atoms with Crippen LogP contribution in [0.4, 0.5) is 28.9 Å². The quantitative estimate of drug-likeness (QED) is 0.0207. The second kappa shape index (κ2) is 24.3. The number of nitrogens with one attached hydrogen (secondary N) is 1. The summed E-state index contributed by atoms with van der Waals surface area (Å²) in [5, 5.41) is 29.8. The van der Waals surface area contributed by atoms with E-state index >= 15 is 0 Å². The van der Waals surface area contributed by atoms with E-state index < -0.39 is 84.1 Å². The van der Waals surface area contributed by atoms with E-state index in [-0.39, 0.29) is 44.5 Å². The lowest BCUT2D eigenvalue weighted by molar-refractivity contribution is -0.385. The number of benzene rings is 3. The van der Waals surface area contributed by atoms with Crippen molar-refractivity contribution < 1.29 is 80.4 Å². The van der Waals surface area contributed by atoms with E-state index in [1.807, 2.05) is 0 Å². The number of rotatable bonds is 15. The first-order valence-electron chi connectivity index (χ1n) is 18.2. The third-order valence-electron chi connectivity index (χ3n) is 7.83. The Balaban J connectivity index is 0.000000291. The van der Waals surface area contributed by atoms with Gasteiger partial charge >= 0.3 is 42.5 Å². The summed E-state index contributed by atoms with van der Waals surface area (Å²) in [6.45, 7) is 3.67. The molecule has 1 aliphatic heterocycles. The summed E-state index contributed by atoms with van der Waals surface area (Å²) in [5.41, 5.74) is -2.13. The summed E-state index contributed by atoms with van der Waals surface area (Å²) in [5.74, 6) is -5.29. The highest BCUT2D eigenvalue weighted by molar-refractivity contribution is 8.00. The minimum atomic E-state index is -4.61. The Bertz CT molecular complexity index is 2590. The molecule has 3 aromatic carbocycles. The number of fused-ring (bicyclic) bond motifs is 1. The van der Waals surface area contributed by atoms with Crippen molar-refractivity contribution in [2.24, 2.45) is 4.99 Å². The first-order chi connectivity index (χ1) is 30.3.